The molecule has 0 bridgehead atoms. The van der Waals surface area contributed by atoms with Gasteiger partial charge in [-0.1, -0.05) is 12.1 Å². The van der Waals surface area contributed by atoms with Gasteiger partial charge in [-0.2, -0.15) is 0 Å². The van der Waals surface area contributed by atoms with E-state index in [1.165, 1.54) is 11.0 Å². The lowest BCUT2D eigenvalue weighted by Crippen LogP contribution is -2.40. The van der Waals surface area contributed by atoms with Gasteiger partial charge in [-0.15, -0.1) is 5.10 Å². The molecule has 2 heterocycles. The normalized spacial score (nSPS) is 15.6. The quantitative estimate of drug-likeness (QED) is 0.770. The number of benzene rings is 2. The summed E-state index contributed by atoms with van der Waals surface area (Å²) >= 11 is 0. The maximum atomic E-state index is 12.3. The van der Waals surface area contributed by atoms with E-state index in [-0.39, 0.29) is 12.0 Å². The molecule has 8 nitrogen and oxygen atoms in total. The second-order valence-corrected chi connectivity index (χ2v) is 5.51. The first kappa shape index (κ1) is 15.1. The highest BCUT2D eigenvalue weighted by Gasteiger charge is 2.21. The minimum atomic E-state index is -0.223. The number of fused-ring (bicyclic) bond motifs is 1. The molecule has 1 amide bonds. The number of amides is 1. The van der Waals surface area contributed by atoms with Crippen LogP contribution in [0.3, 0.4) is 0 Å². The summed E-state index contributed by atoms with van der Waals surface area (Å²) in [5.74, 6) is 1.24. The van der Waals surface area contributed by atoms with Crippen LogP contribution in [0.1, 0.15) is 10.4 Å². The van der Waals surface area contributed by atoms with Crippen LogP contribution in [0.15, 0.2) is 54.9 Å². The van der Waals surface area contributed by atoms with Crippen LogP contribution in [0.4, 0.5) is 0 Å². The zero-order valence-electron chi connectivity index (χ0n) is 13.2. The van der Waals surface area contributed by atoms with Gasteiger partial charge in [-0.25, -0.2) is 4.68 Å². The molecule has 1 aliphatic heterocycles. The highest BCUT2D eigenvalue weighted by Crippen LogP contribution is 2.30. The smallest absolute Gasteiger partial charge is 0.251 e. The Kier molecular flexibility index (Phi) is 3.99. The number of aromatic nitrogens is 4. The van der Waals surface area contributed by atoms with Gasteiger partial charge in [-0.05, 0) is 46.8 Å². The Balaban J connectivity index is 1.35. The number of nitrogens with one attached hydrogen (secondary N) is 1. The van der Waals surface area contributed by atoms with Crippen molar-refractivity contribution in [3.63, 3.8) is 0 Å². The molecule has 4 rings (SSSR count). The largest absolute Gasteiger partial charge is 0.486 e. The molecule has 0 spiro atoms. The Hall–Kier alpha value is -3.42. The van der Waals surface area contributed by atoms with E-state index in [2.05, 4.69) is 20.8 Å². The van der Waals surface area contributed by atoms with Crippen LogP contribution < -0.4 is 14.8 Å². The molecule has 0 radical (unpaired) electrons. The van der Waals surface area contributed by atoms with Crippen molar-refractivity contribution >= 4 is 5.91 Å². The van der Waals surface area contributed by atoms with Crippen LogP contribution in [-0.2, 0) is 0 Å². The van der Waals surface area contributed by atoms with Crippen molar-refractivity contribution in [1.82, 2.24) is 25.5 Å². The molecule has 1 aromatic heterocycles. The molecular weight excluding hydrogens is 322 g/mol. The summed E-state index contributed by atoms with van der Waals surface area (Å²) in [4.78, 5) is 12.3. The number of rotatable bonds is 4. The molecule has 1 atom stereocenters. The summed E-state index contributed by atoms with van der Waals surface area (Å²) in [6.45, 7) is 0.761. The highest BCUT2D eigenvalue weighted by molar-refractivity contribution is 5.94. The summed E-state index contributed by atoms with van der Waals surface area (Å²) in [5, 5.41) is 13.8. The molecule has 1 N–H and O–H groups in total. The van der Waals surface area contributed by atoms with E-state index in [0.717, 1.165) is 11.4 Å². The van der Waals surface area contributed by atoms with Gasteiger partial charge in [-0.3, -0.25) is 4.79 Å². The Morgan fingerprint density at radius 2 is 1.96 bits per heavy atom. The number of para-hydroxylation sites is 2. The molecule has 1 aliphatic rings. The zero-order chi connectivity index (χ0) is 17.1. The lowest BCUT2D eigenvalue weighted by Gasteiger charge is -2.26. The summed E-state index contributed by atoms with van der Waals surface area (Å²) in [6, 6.07) is 14.5. The molecule has 3 aromatic rings. The van der Waals surface area contributed by atoms with Gasteiger partial charge in [0, 0.05) is 5.56 Å². The third-order valence-electron chi connectivity index (χ3n) is 3.80. The van der Waals surface area contributed by atoms with Gasteiger partial charge >= 0.3 is 0 Å². The van der Waals surface area contributed by atoms with Crippen LogP contribution in [0.25, 0.3) is 5.69 Å². The second kappa shape index (κ2) is 6.60. The number of hydrogen-bond donors (Lipinski definition) is 1. The van der Waals surface area contributed by atoms with E-state index < -0.39 is 0 Å². The van der Waals surface area contributed by atoms with Crippen molar-refractivity contribution in [2.75, 3.05) is 13.2 Å². The first-order chi connectivity index (χ1) is 12.3. The van der Waals surface area contributed by atoms with E-state index in [1.807, 2.05) is 24.3 Å². The lowest BCUT2D eigenvalue weighted by atomic mass is 10.2. The van der Waals surface area contributed by atoms with E-state index in [9.17, 15) is 4.79 Å². The average molecular weight is 337 g/mol. The number of nitrogens with zero attached hydrogens (tertiary/aromatic N) is 4. The number of hydrogen-bond acceptors (Lipinski definition) is 6. The SMILES string of the molecule is O=C(NC[C@@H]1COc2ccccc2O1)c1ccc(-n2cnnn2)cc1. The van der Waals surface area contributed by atoms with E-state index in [4.69, 9.17) is 9.47 Å². The first-order valence-electron chi connectivity index (χ1n) is 7.80. The molecule has 0 unspecified atom stereocenters. The zero-order valence-corrected chi connectivity index (χ0v) is 13.2. The van der Waals surface area contributed by atoms with Crippen LogP contribution in [0.5, 0.6) is 11.5 Å². The van der Waals surface area contributed by atoms with Crippen molar-refractivity contribution in [3.05, 3.63) is 60.4 Å². The Labute approximate surface area is 143 Å². The summed E-state index contributed by atoms with van der Waals surface area (Å²) < 4.78 is 13.0. The summed E-state index contributed by atoms with van der Waals surface area (Å²) in [7, 11) is 0. The Morgan fingerprint density at radius 1 is 1.16 bits per heavy atom. The summed E-state index contributed by atoms with van der Waals surface area (Å²) in [6.07, 6.45) is 1.27. The van der Waals surface area contributed by atoms with Crippen molar-refractivity contribution in [2.45, 2.75) is 6.10 Å². The van der Waals surface area contributed by atoms with E-state index in [1.54, 1.807) is 24.3 Å². The van der Waals surface area contributed by atoms with Crippen molar-refractivity contribution in [2.24, 2.45) is 0 Å². The number of carbonyl (C=O) groups is 1. The molecule has 8 heteroatoms. The van der Waals surface area contributed by atoms with Crippen LogP contribution in [0.2, 0.25) is 0 Å². The maximum absolute atomic E-state index is 12.3. The fourth-order valence-electron chi connectivity index (χ4n) is 2.52. The molecule has 0 saturated carbocycles. The second-order valence-electron chi connectivity index (χ2n) is 5.51. The van der Waals surface area contributed by atoms with Crippen LogP contribution in [0, 0.1) is 0 Å². The predicted octanol–water partition coefficient (Wildman–Crippen LogP) is 1.23. The molecule has 25 heavy (non-hydrogen) atoms. The average Bonchev–Trinajstić information content (AvgIpc) is 3.21. The van der Waals surface area contributed by atoms with Crippen LogP contribution >= 0.6 is 0 Å². The standard InChI is InChI=1S/C17H15N5O3/c23-17(12-5-7-13(8-6-12)22-11-19-20-21-22)18-9-14-10-24-15-3-1-2-4-16(15)25-14/h1-8,11,14H,9-10H2,(H,18,23)/t14-/m1/s1. The monoisotopic (exact) mass is 337 g/mol. The van der Waals surface area contributed by atoms with Gasteiger partial charge in [0.15, 0.2) is 11.5 Å². The van der Waals surface area contributed by atoms with Crippen molar-refractivity contribution < 1.29 is 14.3 Å². The third kappa shape index (κ3) is 3.27. The van der Waals surface area contributed by atoms with Crippen molar-refractivity contribution in [1.29, 1.82) is 0 Å². The minimum absolute atomic E-state index is 0.175. The van der Waals surface area contributed by atoms with Gasteiger partial charge in [0.1, 0.15) is 19.0 Å². The minimum Gasteiger partial charge on any atom is -0.486 e. The van der Waals surface area contributed by atoms with Gasteiger partial charge in [0.25, 0.3) is 5.91 Å². The number of tetrazole rings is 1. The van der Waals surface area contributed by atoms with Gasteiger partial charge in [0.2, 0.25) is 0 Å². The predicted molar refractivity (Wildman–Crippen MR) is 87.8 cm³/mol. The molecule has 2 aromatic carbocycles. The fourth-order valence-corrected chi connectivity index (χ4v) is 2.52. The van der Waals surface area contributed by atoms with Crippen LogP contribution in [-0.4, -0.2) is 45.4 Å². The number of carbonyl (C=O) groups excluding carboxylic acids is 1. The van der Waals surface area contributed by atoms with Crippen molar-refractivity contribution in [3.8, 4) is 17.2 Å². The topological polar surface area (TPSA) is 91.2 Å². The Bertz CT molecular complexity index is 864. The molecule has 0 fully saturated rings. The summed E-state index contributed by atoms with van der Waals surface area (Å²) in [5.41, 5.74) is 1.33. The first-order valence-corrected chi connectivity index (χ1v) is 7.80. The lowest BCUT2D eigenvalue weighted by molar-refractivity contribution is 0.0789. The van der Waals surface area contributed by atoms with E-state index >= 15 is 0 Å². The maximum Gasteiger partial charge on any atom is 0.251 e. The van der Waals surface area contributed by atoms with E-state index in [0.29, 0.717) is 24.5 Å². The van der Waals surface area contributed by atoms with Gasteiger partial charge < -0.3 is 14.8 Å². The van der Waals surface area contributed by atoms with Gasteiger partial charge in [0.05, 0.1) is 12.2 Å². The number of ether oxygens (including phenoxy) is 2. The Morgan fingerprint density at radius 3 is 2.72 bits per heavy atom. The molecular formula is C17H15N5O3. The fraction of sp³-hybridized carbons (Fsp3) is 0.176. The molecule has 126 valence electrons. The molecule has 0 aliphatic carbocycles. The third-order valence-corrected chi connectivity index (χ3v) is 3.80. The molecule has 0 saturated heterocycles. The highest BCUT2D eigenvalue weighted by atomic mass is 16.6.